The molecule has 0 radical (unpaired) electrons. The number of carbonyl (C=O) groups excluding carboxylic acids is 2. The molecule has 2 aromatic carbocycles. The van der Waals surface area contributed by atoms with Crippen molar-refractivity contribution < 1.29 is 27.5 Å². The number of fused-ring (bicyclic) bond motifs is 1. The third kappa shape index (κ3) is 6.43. The van der Waals surface area contributed by atoms with E-state index in [2.05, 4.69) is 15.3 Å². The molecule has 0 saturated carbocycles. The molecule has 0 spiro atoms. The van der Waals surface area contributed by atoms with Gasteiger partial charge in [0.05, 0.1) is 42.3 Å². The second-order valence-corrected chi connectivity index (χ2v) is 10.4. The van der Waals surface area contributed by atoms with Crippen molar-refractivity contribution in [2.45, 2.75) is 46.0 Å². The van der Waals surface area contributed by atoms with Gasteiger partial charge in [-0.25, -0.2) is 9.78 Å². The first-order valence-electron chi connectivity index (χ1n) is 13.3. The van der Waals surface area contributed by atoms with Crippen molar-refractivity contribution in [3.05, 3.63) is 117 Å². The fourth-order valence-electron chi connectivity index (χ4n) is 4.98. The molecule has 1 N–H and O–H groups in total. The highest BCUT2D eigenvalue weighted by Crippen LogP contribution is 2.34. The maximum Gasteiger partial charge on any atom is 0.416 e. The minimum atomic E-state index is -4.60. The van der Waals surface area contributed by atoms with E-state index < -0.39 is 17.5 Å². The molecule has 0 atom stereocenters. The summed E-state index contributed by atoms with van der Waals surface area (Å²) in [7, 11) is 1.34. The molecule has 0 unspecified atom stereocenters. The van der Waals surface area contributed by atoms with Crippen LogP contribution in [0, 0.1) is 13.8 Å². The third-order valence-electron chi connectivity index (χ3n) is 7.25. The van der Waals surface area contributed by atoms with Gasteiger partial charge in [-0.05, 0) is 59.9 Å². The van der Waals surface area contributed by atoms with E-state index in [9.17, 15) is 22.8 Å². The van der Waals surface area contributed by atoms with Crippen molar-refractivity contribution in [3.63, 3.8) is 0 Å². The highest BCUT2D eigenvalue weighted by Gasteiger charge is 2.34. The number of hydrogen-bond donors (Lipinski definition) is 1. The number of ether oxygens (including phenoxy) is 1. The van der Waals surface area contributed by atoms with E-state index in [-0.39, 0.29) is 30.1 Å². The van der Waals surface area contributed by atoms with Crippen LogP contribution in [0.4, 0.5) is 18.9 Å². The van der Waals surface area contributed by atoms with Crippen LogP contribution < -0.4 is 5.32 Å². The fraction of sp³-hybridized carbons (Fsp3) is 0.250. The van der Waals surface area contributed by atoms with Crippen LogP contribution in [-0.2, 0) is 41.6 Å². The Bertz CT molecular complexity index is 1710. The first-order valence-corrected chi connectivity index (χ1v) is 13.3. The number of benzene rings is 2. The van der Waals surface area contributed by atoms with Gasteiger partial charge in [0.2, 0.25) is 0 Å². The number of imidazole rings is 1. The normalized spacial score (nSPS) is 12.6. The summed E-state index contributed by atoms with van der Waals surface area (Å²) in [6, 6.07) is 11.3. The van der Waals surface area contributed by atoms with E-state index >= 15 is 0 Å². The van der Waals surface area contributed by atoms with Gasteiger partial charge in [-0.2, -0.15) is 13.2 Å². The number of methoxy groups -OCH3 is 1. The van der Waals surface area contributed by atoms with Gasteiger partial charge in [0.25, 0.3) is 0 Å². The summed E-state index contributed by atoms with van der Waals surface area (Å²) < 4.78 is 48.1. The van der Waals surface area contributed by atoms with Gasteiger partial charge in [0.15, 0.2) is 5.78 Å². The Morgan fingerprint density at radius 2 is 1.86 bits per heavy atom. The summed E-state index contributed by atoms with van der Waals surface area (Å²) in [6.45, 7) is 4.16. The molecule has 216 valence electrons. The summed E-state index contributed by atoms with van der Waals surface area (Å²) in [5.74, 6) is -0.774. The molecule has 10 heteroatoms. The summed E-state index contributed by atoms with van der Waals surface area (Å²) in [5, 5.41) is 3.33. The van der Waals surface area contributed by atoms with Gasteiger partial charge in [0.1, 0.15) is 0 Å². The number of nitrogens with zero attached hydrogens (tertiary/aromatic N) is 3. The van der Waals surface area contributed by atoms with E-state index in [1.54, 1.807) is 30.0 Å². The van der Waals surface area contributed by atoms with Gasteiger partial charge in [0, 0.05) is 43.3 Å². The highest BCUT2D eigenvalue weighted by molar-refractivity contribution is 5.98. The molecule has 1 aliphatic rings. The molecular formula is C32H29F3N4O3. The Labute approximate surface area is 241 Å². The molecule has 1 aliphatic carbocycles. The number of carbonyl (C=O) groups is 2. The number of rotatable bonds is 9. The maximum absolute atomic E-state index is 13.9. The Balaban J connectivity index is 1.29. The van der Waals surface area contributed by atoms with Crippen molar-refractivity contribution in [1.82, 2.24) is 14.5 Å². The number of nitrogens with one attached hydrogen (secondary N) is 1. The maximum atomic E-state index is 13.9. The summed E-state index contributed by atoms with van der Waals surface area (Å²) in [5.41, 5.74) is 5.56. The number of anilines is 1. The number of Topliss-reactive ketones (excluding diaryl/α,β-unsaturated/α-hetero) is 1. The summed E-state index contributed by atoms with van der Waals surface area (Å²) >= 11 is 0. The summed E-state index contributed by atoms with van der Waals surface area (Å²) in [6.07, 6.45) is 2.41. The first kappa shape index (κ1) is 28.8. The van der Waals surface area contributed by atoms with Crippen molar-refractivity contribution in [2.75, 3.05) is 12.4 Å². The quantitative estimate of drug-likeness (QED) is 0.192. The van der Waals surface area contributed by atoms with Crippen molar-refractivity contribution in [3.8, 4) is 0 Å². The van der Waals surface area contributed by atoms with Gasteiger partial charge in [-0.1, -0.05) is 30.3 Å². The minimum Gasteiger partial charge on any atom is -0.466 e. The molecule has 0 saturated heterocycles. The van der Waals surface area contributed by atoms with Crippen LogP contribution in [0.3, 0.4) is 0 Å². The second-order valence-electron chi connectivity index (χ2n) is 10.4. The number of halogens is 3. The van der Waals surface area contributed by atoms with Crippen molar-refractivity contribution in [2.24, 2.45) is 0 Å². The molecule has 4 aromatic rings. The molecule has 42 heavy (non-hydrogen) atoms. The first-order chi connectivity index (χ1) is 20.0. The van der Waals surface area contributed by atoms with E-state index in [0.717, 1.165) is 34.1 Å². The zero-order valence-electron chi connectivity index (χ0n) is 23.4. The van der Waals surface area contributed by atoms with Crippen LogP contribution in [0.1, 0.15) is 55.1 Å². The zero-order valence-corrected chi connectivity index (χ0v) is 23.4. The number of esters is 1. The molecule has 5 rings (SSSR count). The summed E-state index contributed by atoms with van der Waals surface area (Å²) in [4.78, 5) is 33.5. The average Bonchev–Trinajstić information content (AvgIpc) is 3.57. The lowest BCUT2D eigenvalue weighted by Crippen LogP contribution is -2.14. The standard InChI is InChI=1S/C32H29F3N4O3/c1-19-4-5-21(8-26(19)14-36-27-11-24-10-25(31(41)42-3)13-29(24)37-15-27)9-30(40)22-6-7-23(28(12-22)32(33,34)35)17-39-16-20(2)38-18-39/h4-8,10-12,15-16,18,36H,9,13-14,17H2,1-3H3. The van der Waals surface area contributed by atoms with Gasteiger partial charge < -0.3 is 14.6 Å². The lowest BCUT2D eigenvalue weighted by atomic mass is 9.96. The van der Waals surface area contributed by atoms with E-state index in [1.165, 1.54) is 25.6 Å². The Morgan fingerprint density at radius 3 is 2.57 bits per heavy atom. The van der Waals surface area contributed by atoms with E-state index in [0.29, 0.717) is 29.8 Å². The number of alkyl halides is 3. The molecule has 0 aliphatic heterocycles. The monoisotopic (exact) mass is 574 g/mol. The van der Waals surface area contributed by atoms with Crippen LogP contribution in [0.15, 0.2) is 66.8 Å². The smallest absolute Gasteiger partial charge is 0.416 e. The Hall–Kier alpha value is -4.73. The molecule has 2 heterocycles. The number of pyridine rings is 1. The topological polar surface area (TPSA) is 86.1 Å². The van der Waals surface area contributed by atoms with Crippen molar-refractivity contribution >= 4 is 23.5 Å². The van der Waals surface area contributed by atoms with Crippen molar-refractivity contribution in [1.29, 1.82) is 0 Å². The lowest BCUT2D eigenvalue weighted by molar-refractivity contribution is -0.138. The van der Waals surface area contributed by atoms with Crippen LogP contribution in [0.25, 0.3) is 6.08 Å². The number of aromatic nitrogens is 3. The number of ketones is 1. The molecule has 0 amide bonds. The number of hydrogen-bond acceptors (Lipinski definition) is 6. The third-order valence-corrected chi connectivity index (χ3v) is 7.25. The van der Waals surface area contributed by atoms with Crippen LogP contribution in [0.5, 0.6) is 0 Å². The Morgan fingerprint density at radius 1 is 1.05 bits per heavy atom. The van der Waals surface area contributed by atoms with Gasteiger partial charge in [-0.3, -0.25) is 9.78 Å². The molecule has 7 nitrogen and oxygen atoms in total. The zero-order chi connectivity index (χ0) is 30.0. The van der Waals surface area contributed by atoms with Gasteiger partial charge >= 0.3 is 12.1 Å². The molecule has 2 aromatic heterocycles. The Kier molecular flexibility index (Phi) is 7.98. The fourth-order valence-corrected chi connectivity index (χ4v) is 4.98. The predicted molar refractivity (Wildman–Crippen MR) is 152 cm³/mol. The van der Waals surface area contributed by atoms with E-state index in [4.69, 9.17) is 4.74 Å². The largest absolute Gasteiger partial charge is 0.466 e. The SMILES string of the molecule is COC(=O)C1=Cc2cc(NCc3cc(CC(=O)c4ccc(Cn5cnc(C)c5)c(C(F)(F)F)c4)ccc3C)cnc2C1. The minimum absolute atomic E-state index is 0.000938. The predicted octanol–water partition coefficient (Wildman–Crippen LogP) is 6.11. The molecular weight excluding hydrogens is 545 g/mol. The van der Waals surface area contributed by atoms with Crippen LogP contribution in [-0.4, -0.2) is 33.4 Å². The lowest BCUT2D eigenvalue weighted by Gasteiger charge is -2.15. The van der Waals surface area contributed by atoms with E-state index in [1.807, 2.05) is 31.2 Å². The number of aryl methyl sites for hydroxylation is 2. The van der Waals surface area contributed by atoms with Crippen LogP contribution in [0.2, 0.25) is 0 Å². The average molecular weight is 575 g/mol. The molecule has 0 bridgehead atoms. The van der Waals surface area contributed by atoms with Crippen LogP contribution >= 0.6 is 0 Å². The van der Waals surface area contributed by atoms with Gasteiger partial charge in [-0.15, -0.1) is 0 Å². The second kappa shape index (κ2) is 11.6. The molecule has 0 fully saturated rings. The highest BCUT2D eigenvalue weighted by atomic mass is 19.4.